The third kappa shape index (κ3) is 5.26. The quantitative estimate of drug-likeness (QED) is 0.136. The average molecular weight is 912 g/mol. The maximum atomic E-state index is 13.3. The second kappa shape index (κ2) is 11.2. The number of carbonyl (C=O) groups excluding carboxylic acids is 4. The number of fused-ring (bicyclic) bond motifs is 1. The van der Waals surface area contributed by atoms with Crippen molar-refractivity contribution in [1.29, 1.82) is 0 Å². The Kier molecular flexibility index (Phi) is 9.25. The first-order valence-corrected chi connectivity index (χ1v) is 14.5. The standard InChI is InChI=1S/C23H20I4N2O5/c1-9(2)20(23(33)34-8-13(30)28-12-7-5-6-10(3)11(12)4)29-21(31)14-15(22(29)32)17(25)19(27)18(26)16(14)24/h5-7,9,20H,8H2,1-4H3,(H,28,30)/t20-/m0/s1. The van der Waals surface area contributed by atoms with Gasteiger partial charge in [-0.1, -0.05) is 26.0 Å². The molecule has 180 valence electrons. The predicted octanol–water partition coefficient (Wildman–Crippen LogP) is 5.52. The Labute approximate surface area is 252 Å². The molecular weight excluding hydrogens is 892 g/mol. The highest BCUT2D eigenvalue weighted by atomic mass is 127. The average Bonchev–Trinajstić information content (AvgIpc) is 3.03. The van der Waals surface area contributed by atoms with Gasteiger partial charge in [0.1, 0.15) is 6.04 Å². The predicted molar refractivity (Wildman–Crippen MR) is 162 cm³/mol. The molecule has 2 aromatic rings. The van der Waals surface area contributed by atoms with E-state index in [1.165, 1.54) is 0 Å². The van der Waals surface area contributed by atoms with E-state index in [0.717, 1.165) is 23.2 Å². The van der Waals surface area contributed by atoms with Crippen LogP contribution in [-0.4, -0.2) is 41.2 Å². The first kappa shape index (κ1) is 28.0. The van der Waals surface area contributed by atoms with Crippen LogP contribution in [0.15, 0.2) is 18.2 Å². The fourth-order valence-corrected chi connectivity index (χ4v) is 7.24. The Bertz CT molecular complexity index is 1180. The van der Waals surface area contributed by atoms with Gasteiger partial charge in [0.15, 0.2) is 6.61 Å². The minimum atomic E-state index is -1.15. The molecule has 0 saturated heterocycles. The van der Waals surface area contributed by atoms with Gasteiger partial charge in [-0.2, -0.15) is 0 Å². The second-order valence-corrected chi connectivity index (χ2v) is 12.4. The van der Waals surface area contributed by atoms with E-state index in [0.29, 0.717) is 24.0 Å². The molecule has 1 atom stereocenters. The number of anilines is 1. The van der Waals surface area contributed by atoms with Gasteiger partial charge < -0.3 is 10.1 Å². The summed E-state index contributed by atoms with van der Waals surface area (Å²) < 4.78 is 8.42. The van der Waals surface area contributed by atoms with Gasteiger partial charge in [0.25, 0.3) is 17.7 Å². The van der Waals surface area contributed by atoms with Crippen LogP contribution in [0, 0.1) is 34.0 Å². The van der Waals surface area contributed by atoms with Crippen LogP contribution in [0.5, 0.6) is 0 Å². The summed E-state index contributed by atoms with van der Waals surface area (Å²) in [5.74, 6) is -2.75. The Balaban J connectivity index is 1.81. The van der Waals surface area contributed by atoms with E-state index >= 15 is 0 Å². The molecule has 1 heterocycles. The lowest BCUT2D eigenvalue weighted by atomic mass is 10.0. The van der Waals surface area contributed by atoms with Gasteiger partial charge in [0, 0.05) is 20.0 Å². The Morgan fingerprint density at radius 2 is 1.47 bits per heavy atom. The number of esters is 1. The number of amides is 3. The van der Waals surface area contributed by atoms with Crippen molar-refractivity contribution in [2.45, 2.75) is 33.7 Å². The summed E-state index contributed by atoms with van der Waals surface area (Å²) in [6, 6.07) is 4.38. The van der Waals surface area contributed by atoms with Gasteiger partial charge in [0.2, 0.25) is 0 Å². The zero-order chi connectivity index (χ0) is 25.5. The number of carbonyl (C=O) groups is 4. The smallest absolute Gasteiger partial charge is 0.330 e. The van der Waals surface area contributed by atoms with Gasteiger partial charge in [-0.3, -0.25) is 19.3 Å². The molecule has 7 nitrogen and oxygen atoms in total. The third-order valence-electron chi connectivity index (χ3n) is 5.51. The minimum Gasteiger partial charge on any atom is -0.454 e. The molecule has 0 saturated carbocycles. The van der Waals surface area contributed by atoms with Crippen LogP contribution in [-0.2, 0) is 14.3 Å². The zero-order valence-electron chi connectivity index (χ0n) is 18.6. The highest BCUT2D eigenvalue weighted by Gasteiger charge is 2.47. The fraction of sp³-hybridized carbons (Fsp3) is 0.304. The van der Waals surface area contributed by atoms with Crippen molar-refractivity contribution in [2.75, 3.05) is 11.9 Å². The molecule has 34 heavy (non-hydrogen) atoms. The summed E-state index contributed by atoms with van der Waals surface area (Å²) in [7, 11) is 0. The molecule has 1 N–H and O–H groups in total. The molecule has 0 aromatic heterocycles. The number of imide groups is 1. The van der Waals surface area contributed by atoms with Gasteiger partial charge in [-0.15, -0.1) is 0 Å². The second-order valence-electron chi connectivity index (χ2n) is 8.08. The van der Waals surface area contributed by atoms with E-state index in [2.05, 4.69) is 95.7 Å². The van der Waals surface area contributed by atoms with Crippen molar-refractivity contribution in [1.82, 2.24) is 4.90 Å². The summed E-state index contributed by atoms with van der Waals surface area (Å²) in [6.07, 6.45) is 0. The van der Waals surface area contributed by atoms with Crippen molar-refractivity contribution >= 4 is 120 Å². The van der Waals surface area contributed by atoms with E-state index in [9.17, 15) is 19.2 Å². The Morgan fingerprint density at radius 1 is 0.941 bits per heavy atom. The number of ether oxygens (including phenoxy) is 1. The van der Waals surface area contributed by atoms with Crippen LogP contribution in [0.3, 0.4) is 0 Å². The van der Waals surface area contributed by atoms with E-state index < -0.39 is 42.3 Å². The van der Waals surface area contributed by atoms with Crippen LogP contribution < -0.4 is 5.32 Å². The maximum Gasteiger partial charge on any atom is 0.330 e. The third-order valence-corrected chi connectivity index (χ3v) is 12.9. The van der Waals surface area contributed by atoms with E-state index in [4.69, 9.17) is 4.74 Å². The minimum absolute atomic E-state index is 0.311. The van der Waals surface area contributed by atoms with E-state index in [-0.39, 0.29) is 0 Å². The number of halogens is 4. The highest BCUT2D eigenvalue weighted by Crippen LogP contribution is 2.39. The lowest BCUT2D eigenvalue weighted by Crippen LogP contribution is -2.49. The Hall–Kier alpha value is -0.560. The van der Waals surface area contributed by atoms with E-state index in [1.807, 2.05) is 26.0 Å². The molecular formula is C23H20I4N2O5. The molecule has 1 aliphatic heterocycles. The molecule has 2 aromatic carbocycles. The number of benzene rings is 2. The topological polar surface area (TPSA) is 92.8 Å². The number of aryl methyl sites for hydroxylation is 1. The van der Waals surface area contributed by atoms with Crippen LogP contribution in [0.1, 0.15) is 45.7 Å². The number of nitrogens with zero attached hydrogens (tertiary/aromatic N) is 1. The summed E-state index contributed by atoms with van der Waals surface area (Å²) in [4.78, 5) is 53.1. The molecule has 0 fully saturated rings. The SMILES string of the molecule is Cc1cccc(NC(=O)COC(=O)[C@H](C(C)C)N2C(=O)c3c(I)c(I)c(I)c(I)c3C2=O)c1C. The van der Waals surface area contributed by atoms with Crippen molar-refractivity contribution in [2.24, 2.45) is 5.92 Å². The van der Waals surface area contributed by atoms with Crippen molar-refractivity contribution in [3.05, 3.63) is 54.7 Å². The molecule has 1 aliphatic rings. The first-order valence-electron chi connectivity index (χ1n) is 10.1. The van der Waals surface area contributed by atoms with Gasteiger partial charge in [-0.25, -0.2) is 4.79 Å². The van der Waals surface area contributed by atoms with Gasteiger partial charge >= 0.3 is 5.97 Å². The number of hydrogen-bond donors (Lipinski definition) is 1. The van der Waals surface area contributed by atoms with Crippen LogP contribution in [0.25, 0.3) is 0 Å². The van der Waals surface area contributed by atoms with E-state index in [1.54, 1.807) is 19.9 Å². The van der Waals surface area contributed by atoms with Crippen LogP contribution >= 0.6 is 90.4 Å². The van der Waals surface area contributed by atoms with Crippen molar-refractivity contribution < 1.29 is 23.9 Å². The monoisotopic (exact) mass is 912 g/mol. The normalized spacial score (nSPS) is 13.9. The van der Waals surface area contributed by atoms with Crippen LogP contribution in [0.2, 0.25) is 0 Å². The molecule has 0 aliphatic carbocycles. The molecule has 3 rings (SSSR count). The van der Waals surface area contributed by atoms with Gasteiger partial charge in [-0.05, 0) is 127 Å². The van der Waals surface area contributed by atoms with Gasteiger partial charge in [0.05, 0.1) is 11.1 Å². The number of rotatable bonds is 6. The van der Waals surface area contributed by atoms with Crippen molar-refractivity contribution in [3.63, 3.8) is 0 Å². The molecule has 0 radical (unpaired) electrons. The molecule has 0 unspecified atom stereocenters. The molecule has 3 amide bonds. The summed E-state index contributed by atoms with van der Waals surface area (Å²) in [5.41, 5.74) is 3.20. The molecule has 11 heteroatoms. The summed E-state index contributed by atoms with van der Waals surface area (Å²) in [6.45, 7) is 6.76. The lowest BCUT2D eigenvalue weighted by Gasteiger charge is -2.27. The number of hydrogen-bond acceptors (Lipinski definition) is 5. The molecule has 0 spiro atoms. The summed E-state index contributed by atoms with van der Waals surface area (Å²) >= 11 is 8.43. The highest BCUT2D eigenvalue weighted by molar-refractivity contribution is 14.1. The fourth-order valence-electron chi connectivity index (χ4n) is 3.59. The maximum absolute atomic E-state index is 13.3. The van der Waals surface area contributed by atoms with Crippen LogP contribution in [0.4, 0.5) is 5.69 Å². The first-order chi connectivity index (χ1) is 15.9. The largest absolute Gasteiger partial charge is 0.454 e. The Morgan fingerprint density at radius 3 is 1.97 bits per heavy atom. The summed E-state index contributed by atoms with van der Waals surface area (Å²) in [5, 5.41) is 2.74. The number of nitrogens with one attached hydrogen (secondary N) is 1. The molecule has 0 bridgehead atoms. The van der Waals surface area contributed by atoms with Crippen molar-refractivity contribution in [3.8, 4) is 0 Å². The zero-order valence-corrected chi connectivity index (χ0v) is 27.2. The lowest BCUT2D eigenvalue weighted by molar-refractivity contribution is -0.152.